The van der Waals surface area contributed by atoms with Crippen LogP contribution in [0.4, 0.5) is 4.79 Å². The Morgan fingerprint density at radius 3 is 2.35 bits per heavy atom. The van der Waals surface area contributed by atoms with E-state index in [0.717, 1.165) is 12.0 Å². The smallest absolute Gasteiger partial charge is 0.513 e. The SMILES string of the molecule is C=C(OC(=O)OCCC(C)(C)C)c1cc[n+](C)cc1.[I-]. The summed E-state index contributed by atoms with van der Waals surface area (Å²) in [5.41, 5.74) is 0.886. The van der Waals surface area contributed by atoms with Gasteiger partial charge in [-0.3, -0.25) is 0 Å². The number of hydrogen-bond donors (Lipinski definition) is 0. The van der Waals surface area contributed by atoms with Crippen LogP contribution < -0.4 is 28.5 Å². The summed E-state index contributed by atoms with van der Waals surface area (Å²) in [7, 11) is 1.91. The van der Waals surface area contributed by atoms with Gasteiger partial charge in [-0.05, 0) is 11.8 Å². The van der Waals surface area contributed by atoms with Gasteiger partial charge in [0, 0.05) is 17.7 Å². The van der Waals surface area contributed by atoms with Gasteiger partial charge in [0.1, 0.15) is 12.8 Å². The number of rotatable bonds is 4. The molecule has 5 heteroatoms. The van der Waals surface area contributed by atoms with Crippen LogP contribution in [0.1, 0.15) is 32.8 Å². The normalized spacial score (nSPS) is 10.4. The van der Waals surface area contributed by atoms with Gasteiger partial charge in [-0.15, -0.1) is 0 Å². The maximum absolute atomic E-state index is 11.5. The molecule has 0 unspecified atom stereocenters. The quantitative estimate of drug-likeness (QED) is 0.316. The van der Waals surface area contributed by atoms with Crippen LogP contribution in [0.2, 0.25) is 0 Å². The molecule has 0 radical (unpaired) electrons. The van der Waals surface area contributed by atoms with Crippen molar-refractivity contribution in [3.8, 4) is 0 Å². The third-order valence-electron chi connectivity index (χ3n) is 2.58. The van der Waals surface area contributed by atoms with Crippen LogP contribution in [-0.2, 0) is 16.5 Å². The highest BCUT2D eigenvalue weighted by atomic mass is 127. The number of ether oxygens (including phenoxy) is 2. The highest BCUT2D eigenvalue weighted by Crippen LogP contribution is 2.18. The number of carbonyl (C=O) groups excluding carboxylic acids is 1. The minimum atomic E-state index is -0.706. The first-order valence-corrected chi connectivity index (χ1v) is 6.27. The minimum absolute atomic E-state index is 0. The lowest BCUT2D eigenvalue weighted by molar-refractivity contribution is -0.671. The maximum atomic E-state index is 11.5. The first kappa shape index (κ1) is 18.9. The van der Waals surface area contributed by atoms with Crippen LogP contribution in [0.5, 0.6) is 0 Å². The monoisotopic (exact) mass is 391 g/mol. The van der Waals surface area contributed by atoms with E-state index in [1.165, 1.54) is 0 Å². The molecule has 0 aliphatic carbocycles. The van der Waals surface area contributed by atoms with Crippen LogP contribution in [0.15, 0.2) is 31.1 Å². The Balaban J connectivity index is 0.00000361. The van der Waals surface area contributed by atoms with Crippen LogP contribution >= 0.6 is 0 Å². The number of aryl methyl sites for hydroxylation is 1. The zero-order chi connectivity index (χ0) is 14.5. The molecule has 1 aromatic rings. The van der Waals surface area contributed by atoms with Gasteiger partial charge in [-0.25, -0.2) is 9.36 Å². The van der Waals surface area contributed by atoms with Crippen molar-refractivity contribution in [2.24, 2.45) is 12.5 Å². The minimum Gasteiger partial charge on any atom is -1.00 e. The zero-order valence-corrected chi connectivity index (χ0v) is 14.6. The van der Waals surface area contributed by atoms with Crippen LogP contribution in [0.3, 0.4) is 0 Å². The fourth-order valence-corrected chi connectivity index (χ4v) is 1.32. The highest BCUT2D eigenvalue weighted by Gasteiger charge is 2.13. The molecule has 112 valence electrons. The molecule has 1 aromatic heterocycles. The number of pyridine rings is 1. The van der Waals surface area contributed by atoms with Crippen molar-refractivity contribution < 1.29 is 42.8 Å². The second kappa shape index (κ2) is 8.24. The molecule has 0 saturated carbocycles. The van der Waals surface area contributed by atoms with E-state index in [1.807, 2.05) is 36.1 Å². The molecular formula is C15H22INO3. The summed E-state index contributed by atoms with van der Waals surface area (Å²) in [4.78, 5) is 11.5. The largest absolute Gasteiger partial charge is 1.00 e. The maximum Gasteiger partial charge on any atom is 0.513 e. The summed E-state index contributed by atoms with van der Waals surface area (Å²) in [5.74, 6) is 0.293. The topological polar surface area (TPSA) is 39.4 Å². The fraction of sp³-hybridized carbons (Fsp3) is 0.467. The van der Waals surface area contributed by atoms with Gasteiger partial charge in [-0.2, -0.15) is 0 Å². The van der Waals surface area contributed by atoms with Crippen LogP contribution in [-0.4, -0.2) is 12.8 Å². The van der Waals surface area contributed by atoms with Crippen molar-refractivity contribution in [2.45, 2.75) is 27.2 Å². The van der Waals surface area contributed by atoms with E-state index in [0.29, 0.717) is 12.4 Å². The molecular weight excluding hydrogens is 369 g/mol. The van der Waals surface area contributed by atoms with Crippen molar-refractivity contribution in [1.82, 2.24) is 0 Å². The molecule has 0 aromatic carbocycles. The van der Waals surface area contributed by atoms with Gasteiger partial charge in [0.25, 0.3) is 0 Å². The first-order chi connectivity index (χ1) is 8.78. The Hall–Kier alpha value is -1.11. The average molecular weight is 391 g/mol. The standard InChI is InChI=1S/C15H22NO3.HI/c1-12(13-6-9-16(5)10-7-13)19-14(17)18-11-8-15(2,3)4;/h6-7,9-10H,1,8,11H2,2-5H3;1H/q+1;/p-1. The van der Waals surface area contributed by atoms with E-state index in [-0.39, 0.29) is 29.4 Å². The predicted octanol–water partition coefficient (Wildman–Crippen LogP) is 0.0752. The molecule has 0 fully saturated rings. The molecule has 0 spiro atoms. The van der Waals surface area contributed by atoms with Gasteiger partial charge in [0.2, 0.25) is 0 Å². The number of halogens is 1. The predicted molar refractivity (Wildman–Crippen MR) is 73.2 cm³/mol. The zero-order valence-electron chi connectivity index (χ0n) is 12.5. The van der Waals surface area contributed by atoms with E-state index in [4.69, 9.17) is 9.47 Å². The van der Waals surface area contributed by atoms with Gasteiger partial charge in [-0.1, -0.05) is 27.4 Å². The average Bonchev–Trinajstić information content (AvgIpc) is 2.27. The first-order valence-electron chi connectivity index (χ1n) is 6.27. The lowest BCUT2D eigenvalue weighted by Crippen LogP contribution is -3.00. The molecule has 0 N–H and O–H groups in total. The number of carbonyl (C=O) groups is 1. The molecule has 0 atom stereocenters. The summed E-state index contributed by atoms with van der Waals surface area (Å²) in [6.45, 7) is 10.3. The summed E-state index contributed by atoms with van der Waals surface area (Å²) >= 11 is 0. The second-order valence-corrected chi connectivity index (χ2v) is 5.69. The molecule has 0 amide bonds. The molecule has 20 heavy (non-hydrogen) atoms. The Bertz CT molecular complexity index is 449. The third kappa shape index (κ3) is 7.47. The molecule has 0 aliphatic rings. The molecule has 1 rings (SSSR count). The number of aromatic nitrogens is 1. The van der Waals surface area contributed by atoms with E-state index in [9.17, 15) is 4.79 Å². The van der Waals surface area contributed by atoms with Gasteiger partial charge in [0.15, 0.2) is 12.4 Å². The van der Waals surface area contributed by atoms with E-state index in [1.54, 1.807) is 0 Å². The Kier molecular flexibility index (Phi) is 7.78. The van der Waals surface area contributed by atoms with Crippen LogP contribution in [0.25, 0.3) is 5.76 Å². The summed E-state index contributed by atoms with van der Waals surface area (Å²) in [6.07, 6.45) is 3.79. The number of nitrogens with zero attached hydrogens (tertiary/aromatic N) is 1. The van der Waals surface area contributed by atoms with Crippen molar-refractivity contribution >= 4 is 11.9 Å². The van der Waals surface area contributed by atoms with E-state index < -0.39 is 6.16 Å². The summed E-state index contributed by atoms with van der Waals surface area (Å²) in [6, 6.07) is 3.65. The summed E-state index contributed by atoms with van der Waals surface area (Å²) < 4.78 is 11.9. The number of hydrogen-bond acceptors (Lipinski definition) is 3. The van der Waals surface area contributed by atoms with Crippen molar-refractivity contribution in [3.05, 3.63) is 36.7 Å². The summed E-state index contributed by atoms with van der Waals surface area (Å²) in [5, 5.41) is 0. The fourth-order valence-electron chi connectivity index (χ4n) is 1.32. The molecule has 0 saturated heterocycles. The Labute approximate surface area is 137 Å². The Morgan fingerprint density at radius 1 is 1.30 bits per heavy atom. The van der Waals surface area contributed by atoms with Gasteiger partial charge < -0.3 is 33.5 Å². The highest BCUT2D eigenvalue weighted by molar-refractivity contribution is 5.71. The third-order valence-corrected chi connectivity index (χ3v) is 2.58. The van der Waals surface area contributed by atoms with Crippen molar-refractivity contribution in [3.63, 3.8) is 0 Å². The molecule has 0 aliphatic heterocycles. The van der Waals surface area contributed by atoms with Gasteiger partial charge >= 0.3 is 6.16 Å². The van der Waals surface area contributed by atoms with Gasteiger partial charge in [0.05, 0.1) is 6.61 Å². The molecule has 1 heterocycles. The lowest BCUT2D eigenvalue weighted by atomic mass is 9.93. The van der Waals surface area contributed by atoms with Crippen molar-refractivity contribution in [2.75, 3.05) is 6.61 Å². The Morgan fingerprint density at radius 2 is 1.85 bits per heavy atom. The lowest BCUT2D eigenvalue weighted by Gasteiger charge is -2.17. The van der Waals surface area contributed by atoms with E-state index >= 15 is 0 Å². The van der Waals surface area contributed by atoms with Crippen molar-refractivity contribution in [1.29, 1.82) is 0 Å². The van der Waals surface area contributed by atoms with Crippen LogP contribution in [0, 0.1) is 5.41 Å². The molecule has 0 bridgehead atoms. The molecule has 4 nitrogen and oxygen atoms in total. The second-order valence-electron chi connectivity index (χ2n) is 5.69. The van der Waals surface area contributed by atoms with E-state index in [2.05, 4.69) is 27.4 Å².